The van der Waals surface area contributed by atoms with E-state index in [1.165, 1.54) is 0 Å². The number of benzene rings is 1. The van der Waals surface area contributed by atoms with Gasteiger partial charge in [0.2, 0.25) is 11.8 Å². The minimum absolute atomic E-state index is 0.104. The third-order valence-corrected chi connectivity index (χ3v) is 5.67. The van der Waals surface area contributed by atoms with Crippen molar-refractivity contribution in [2.75, 3.05) is 66.1 Å². The van der Waals surface area contributed by atoms with Gasteiger partial charge in [-0.05, 0) is 25.0 Å². The van der Waals surface area contributed by atoms with Crippen LogP contribution in [0.5, 0.6) is 5.75 Å². The van der Waals surface area contributed by atoms with Crippen molar-refractivity contribution < 1.29 is 19.1 Å². The summed E-state index contributed by atoms with van der Waals surface area (Å²) in [5.41, 5.74) is 0. The number of para-hydroxylation sites is 1. The predicted molar refractivity (Wildman–Crippen MR) is 111 cm³/mol. The molecular weight excluding hydrogens is 370 g/mol. The molecule has 0 spiro atoms. The maximum absolute atomic E-state index is 12.8. The molecule has 2 saturated heterocycles. The van der Waals surface area contributed by atoms with E-state index in [0.29, 0.717) is 32.5 Å². The molecule has 7 nitrogen and oxygen atoms in total. The quantitative estimate of drug-likeness (QED) is 0.625. The van der Waals surface area contributed by atoms with E-state index in [0.717, 1.165) is 51.6 Å². The lowest BCUT2D eigenvalue weighted by Gasteiger charge is -2.34. The first-order valence-corrected chi connectivity index (χ1v) is 10.6. The van der Waals surface area contributed by atoms with Crippen molar-refractivity contribution in [1.82, 2.24) is 14.7 Å². The average molecular weight is 404 g/mol. The van der Waals surface area contributed by atoms with E-state index in [-0.39, 0.29) is 17.7 Å². The molecule has 0 aliphatic carbocycles. The summed E-state index contributed by atoms with van der Waals surface area (Å²) in [7, 11) is 1.82. The topological polar surface area (TPSA) is 62.3 Å². The van der Waals surface area contributed by atoms with Gasteiger partial charge in [0.05, 0.1) is 25.7 Å². The molecule has 2 aliphatic heterocycles. The number of amides is 2. The Morgan fingerprint density at radius 1 is 1.21 bits per heavy atom. The summed E-state index contributed by atoms with van der Waals surface area (Å²) in [5.74, 6) is 0.972. The number of piperidine rings is 1. The van der Waals surface area contributed by atoms with Gasteiger partial charge in [0.15, 0.2) is 0 Å². The Labute approximate surface area is 173 Å². The molecule has 1 aromatic rings. The van der Waals surface area contributed by atoms with Gasteiger partial charge in [-0.3, -0.25) is 14.5 Å². The lowest BCUT2D eigenvalue weighted by Crippen LogP contribution is -2.47. The third-order valence-electron chi connectivity index (χ3n) is 5.67. The smallest absolute Gasteiger partial charge is 0.227 e. The van der Waals surface area contributed by atoms with Crippen molar-refractivity contribution in [3.63, 3.8) is 0 Å². The van der Waals surface area contributed by atoms with E-state index < -0.39 is 0 Å². The lowest BCUT2D eigenvalue weighted by atomic mass is 9.96. The Bertz CT molecular complexity index is 649. The molecule has 0 aromatic heterocycles. The highest BCUT2D eigenvalue weighted by Gasteiger charge is 2.31. The summed E-state index contributed by atoms with van der Waals surface area (Å²) in [6.07, 6.45) is 2.04. The van der Waals surface area contributed by atoms with Gasteiger partial charge in [-0.25, -0.2) is 0 Å². The number of likely N-dealkylation sites (tertiary alicyclic amines) is 1. The second-order valence-electron chi connectivity index (χ2n) is 7.80. The van der Waals surface area contributed by atoms with Crippen LogP contribution in [0.3, 0.4) is 0 Å². The minimum Gasteiger partial charge on any atom is -0.492 e. The number of hydrogen-bond donors (Lipinski definition) is 0. The van der Waals surface area contributed by atoms with E-state index in [9.17, 15) is 9.59 Å². The number of morpholine rings is 1. The zero-order valence-corrected chi connectivity index (χ0v) is 17.4. The van der Waals surface area contributed by atoms with E-state index >= 15 is 0 Å². The fourth-order valence-electron chi connectivity index (χ4n) is 3.88. The Kier molecular flexibility index (Phi) is 8.31. The van der Waals surface area contributed by atoms with Crippen molar-refractivity contribution in [3.05, 3.63) is 30.3 Å². The fraction of sp³-hybridized carbons (Fsp3) is 0.636. The Morgan fingerprint density at radius 3 is 2.72 bits per heavy atom. The first-order chi connectivity index (χ1) is 14.1. The second-order valence-corrected chi connectivity index (χ2v) is 7.80. The highest BCUT2D eigenvalue weighted by molar-refractivity contribution is 5.83. The SMILES string of the molecule is CN(CCOc1ccccc1)C(=O)[C@@H]1CCC(=O)N(CCCN2CCOCC2)C1. The summed E-state index contributed by atoms with van der Waals surface area (Å²) >= 11 is 0. The molecule has 0 radical (unpaired) electrons. The molecule has 7 heteroatoms. The molecule has 0 bridgehead atoms. The van der Waals surface area contributed by atoms with Gasteiger partial charge in [-0.1, -0.05) is 18.2 Å². The number of carbonyl (C=O) groups is 2. The van der Waals surface area contributed by atoms with E-state index in [2.05, 4.69) is 4.90 Å². The summed E-state index contributed by atoms with van der Waals surface area (Å²) in [6, 6.07) is 9.61. The molecule has 1 atom stereocenters. The molecule has 1 aromatic carbocycles. The first kappa shape index (κ1) is 21.6. The van der Waals surface area contributed by atoms with Crippen LogP contribution in [0.15, 0.2) is 30.3 Å². The van der Waals surface area contributed by atoms with Crippen LogP contribution in [0.4, 0.5) is 0 Å². The van der Waals surface area contributed by atoms with Crippen molar-refractivity contribution in [3.8, 4) is 5.75 Å². The normalized spacial score (nSPS) is 20.5. The standard InChI is InChI=1S/C22H33N3O4/c1-23(12-17-29-20-6-3-2-4-7-20)22(27)19-8-9-21(26)25(18-19)11-5-10-24-13-15-28-16-14-24/h2-4,6-7,19H,5,8-18H2,1H3/t19-/m1/s1. The Hall–Kier alpha value is -2.12. The van der Waals surface area contributed by atoms with Crippen molar-refractivity contribution in [1.29, 1.82) is 0 Å². The van der Waals surface area contributed by atoms with Gasteiger partial charge >= 0.3 is 0 Å². The summed E-state index contributed by atoms with van der Waals surface area (Å²) in [4.78, 5) is 31.1. The second kappa shape index (κ2) is 11.2. The molecule has 0 N–H and O–H groups in total. The van der Waals surface area contributed by atoms with E-state index in [4.69, 9.17) is 9.47 Å². The van der Waals surface area contributed by atoms with Crippen molar-refractivity contribution in [2.24, 2.45) is 5.92 Å². The van der Waals surface area contributed by atoms with Gasteiger partial charge in [0, 0.05) is 46.2 Å². The van der Waals surface area contributed by atoms with E-state index in [1.54, 1.807) is 4.90 Å². The van der Waals surface area contributed by atoms with Crippen LogP contribution in [0.1, 0.15) is 19.3 Å². The Balaban J connectivity index is 1.39. The molecular formula is C22H33N3O4. The monoisotopic (exact) mass is 403 g/mol. The average Bonchev–Trinajstić information content (AvgIpc) is 2.76. The molecule has 2 amide bonds. The number of ether oxygens (including phenoxy) is 2. The largest absolute Gasteiger partial charge is 0.492 e. The maximum Gasteiger partial charge on any atom is 0.227 e. The molecule has 2 fully saturated rings. The van der Waals surface area contributed by atoms with Crippen molar-refractivity contribution in [2.45, 2.75) is 19.3 Å². The van der Waals surface area contributed by atoms with Crippen LogP contribution < -0.4 is 4.74 Å². The first-order valence-electron chi connectivity index (χ1n) is 10.6. The number of carbonyl (C=O) groups excluding carboxylic acids is 2. The molecule has 0 unspecified atom stereocenters. The van der Waals surface area contributed by atoms with Gasteiger partial charge < -0.3 is 19.3 Å². The molecule has 0 saturated carbocycles. The van der Waals surface area contributed by atoms with Gasteiger partial charge in [0.1, 0.15) is 12.4 Å². The number of rotatable bonds is 9. The van der Waals surface area contributed by atoms with Crippen molar-refractivity contribution >= 4 is 11.8 Å². The zero-order valence-electron chi connectivity index (χ0n) is 17.4. The summed E-state index contributed by atoms with van der Waals surface area (Å²) in [5, 5.41) is 0. The predicted octanol–water partition coefficient (Wildman–Crippen LogP) is 1.48. The van der Waals surface area contributed by atoms with E-state index in [1.807, 2.05) is 42.3 Å². The molecule has 2 heterocycles. The molecule has 3 rings (SSSR count). The van der Waals surface area contributed by atoms with Crippen LogP contribution in [0.25, 0.3) is 0 Å². The molecule has 2 aliphatic rings. The van der Waals surface area contributed by atoms with Gasteiger partial charge in [0.25, 0.3) is 0 Å². The van der Waals surface area contributed by atoms with Crippen LogP contribution >= 0.6 is 0 Å². The Morgan fingerprint density at radius 2 is 1.97 bits per heavy atom. The van der Waals surface area contributed by atoms with Crippen LogP contribution in [0.2, 0.25) is 0 Å². The van der Waals surface area contributed by atoms with Gasteiger partial charge in [-0.2, -0.15) is 0 Å². The molecule has 29 heavy (non-hydrogen) atoms. The summed E-state index contributed by atoms with van der Waals surface area (Å²) < 4.78 is 11.1. The molecule has 160 valence electrons. The van der Waals surface area contributed by atoms with Crippen LogP contribution in [-0.4, -0.2) is 92.7 Å². The fourth-order valence-corrected chi connectivity index (χ4v) is 3.88. The summed E-state index contributed by atoms with van der Waals surface area (Å²) in [6.45, 7) is 6.74. The number of nitrogens with zero attached hydrogens (tertiary/aromatic N) is 3. The minimum atomic E-state index is -0.113. The van der Waals surface area contributed by atoms with Crippen LogP contribution in [-0.2, 0) is 14.3 Å². The maximum atomic E-state index is 12.8. The lowest BCUT2D eigenvalue weighted by molar-refractivity contribution is -0.142. The van der Waals surface area contributed by atoms with Crippen LogP contribution in [0, 0.1) is 5.92 Å². The number of likely N-dealkylation sites (N-methyl/N-ethyl adjacent to an activating group) is 1. The highest BCUT2D eigenvalue weighted by Crippen LogP contribution is 2.20. The van der Waals surface area contributed by atoms with Gasteiger partial charge in [-0.15, -0.1) is 0 Å². The zero-order chi connectivity index (χ0) is 20.5. The third kappa shape index (κ3) is 6.72. The highest BCUT2D eigenvalue weighted by atomic mass is 16.5. The number of hydrogen-bond acceptors (Lipinski definition) is 5.